The van der Waals surface area contributed by atoms with Crippen molar-refractivity contribution in [3.8, 4) is 0 Å². The van der Waals surface area contributed by atoms with Gasteiger partial charge >= 0.3 is 6.18 Å². The molecule has 0 amide bonds. The molecule has 4 fully saturated rings. The second-order valence-electron chi connectivity index (χ2n) is 37.0. The topological polar surface area (TPSA) is 0 Å². The van der Waals surface area contributed by atoms with Crippen LogP contribution in [-0.4, -0.2) is 11.8 Å². The van der Waals surface area contributed by atoms with E-state index in [0.717, 1.165) is 88.9 Å². The van der Waals surface area contributed by atoms with E-state index in [0.29, 0.717) is 23.7 Å². The third kappa shape index (κ3) is 82.2. The maximum Gasteiger partial charge on any atom is 0.389 e. The van der Waals surface area contributed by atoms with E-state index in [1.807, 2.05) is 26.0 Å². The molecule has 5 heteroatoms. The molecular weight excluding hydrogens is 1200 g/mol. The van der Waals surface area contributed by atoms with Gasteiger partial charge in [-0.15, -0.1) is 0 Å². The second kappa shape index (κ2) is 58.8. The van der Waals surface area contributed by atoms with Crippen molar-refractivity contribution in [2.45, 2.75) is 380 Å². The summed E-state index contributed by atoms with van der Waals surface area (Å²) in [7, 11) is 0. The molecule has 4 aliphatic carbocycles. The Balaban J connectivity index is -0.000000492. The van der Waals surface area contributed by atoms with Crippen LogP contribution in [0, 0.1) is 113 Å². The van der Waals surface area contributed by atoms with Crippen molar-refractivity contribution in [3.63, 3.8) is 0 Å². The Hall–Kier alpha value is -2.69. The summed E-state index contributed by atoms with van der Waals surface area (Å²) in [6, 6.07) is 26.4. The first kappa shape index (κ1) is 101. The van der Waals surface area contributed by atoms with Crippen molar-refractivity contribution in [2.75, 3.05) is 0 Å². The molecule has 0 bridgehead atoms. The van der Waals surface area contributed by atoms with Crippen LogP contribution in [0.4, 0.5) is 22.0 Å². The molecule has 97 heavy (non-hydrogen) atoms. The van der Waals surface area contributed by atoms with E-state index in [9.17, 15) is 22.0 Å². The summed E-state index contributed by atoms with van der Waals surface area (Å²) in [6.45, 7) is 64.7. The molecule has 0 aliphatic heterocycles. The Labute approximate surface area is 605 Å². The second-order valence-corrected chi connectivity index (χ2v) is 37.0. The minimum Gasteiger partial charge on any atom is -0.244 e. The number of hydrogen-bond acceptors (Lipinski definition) is 0. The zero-order valence-corrected chi connectivity index (χ0v) is 70.3. The van der Waals surface area contributed by atoms with Crippen molar-refractivity contribution >= 4 is 0 Å². The summed E-state index contributed by atoms with van der Waals surface area (Å²) in [5, 5.41) is 0. The number of rotatable bonds is 20. The molecule has 3 aromatic carbocycles. The van der Waals surface area contributed by atoms with Crippen LogP contribution in [0.25, 0.3) is 0 Å². The van der Waals surface area contributed by atoms with Gasteiger partial charge in [-0.2, -0.15) is 13.2 Å². The summed E-state index contributed by atoms with van der Waals surface area (Å²) in [5.41, 5.74) is 4.60. The predicted octanol–water partition coefficient (Wildman–Crippen LogP) is 32.4. The van der Waals surface area contributed by atoms with Crippen LogP contribution in [0.15, 0.2) is 78.9 Å². The number of benzene rings is 3. The van der Waals surface area contributed by atoms with Crippen molar-refractivity contribution in [1.82, 2.24) is 0 Å². The van der Waals surface area contributed by atoms with Crippen LogP contribution in [0.2, 0.25) is 0 Å². The van der Waals surface area contributed by atoms with Gasteiger partial charge in [0.15, 0.2) is 0 Å². The lowest BCUT2D eigenvalue weighted by Crippen LogP contribution is -2.14. The first-order chi connectivity index (χ1) is 44.7. The van der Waals surface area contributed by atoms with E-state index < -0.39 is 18.3 Å². The number of hydrogen-bond donors (Lipinski definition) is 0. The smallest absolute Gasteiger partial charge is 0.244 e. The van der Waals surface area contributed by atoms with Gasteiger partial charge < -0.3 is 0 Å². The summed E-state index contributed by atoms with van der Waals surface area (Å²) < 4.78 is 59.5. The molecular formula is C92H169F5. The molecule has 0 atom stereocenters. The third-order valence-corrected chi connectivity index (χ3v) is 16.7. The maximum absolute atomic E-state index is 12.9. The van der Waals surface area contributed by atoms with Crippen LogP contribution in [0.1, 0.15) is 364 Å². The van der Waals surface area contributed by atoms with E-state index in [2.05, 4.69) is 221 Å². The van der Waals surface area contributed by atoms with Gasteiger partial charge in [0, 0.05) is 6.42 Å². The molecule has 0 saturated heterocycles. The molecule has 0 radical (unpaired) electrons. The Morgan fingerprint density at radius 2 is 0.639 bits per heavy atom. The molecule has 572 valence electrons. The normalized spacial score (nSPS) is 15.0. The monoisotopic (exact) mass is 1370 g/mol. The SMILES string of the molecule is CC(C)CC(C)(C)C.CC(C)CC(C)(C)F.CC(C)CC(C)C.CC(C)CC(F)(F)F.CC(C)CC1CC1.CC(C)CC1CCC1.CC(C)CC1CCCC1.CC(C)CC1CCCCC1.CC(C)Cc1ccccc1.CC(C)Cc1ccccc1F.Cc1ccc(CC(C)C)cc1. The third-order valence-electron chi connectivity index (χ3n) is 16.7. The molecule has 0 unspecified atom stereocenters. The van der Waals surface area contributed by atoms with E-state index in [-0.39, 0.29) is 11.7 Å². The number of alkyl halides is 4. The summed E-state index contributed by atoms with van der Waals surface area (Å²) in [5.74, 6) is 12.9. The highest BCUT2D eigenvalue weighted by Gasteiger charge is 2.28. The zero-order chi connectivity index (χ0) is 75.5. The summed E-state index contributed by atoms with van der Waals surface area (Å²) in [6.07, 6.45) is 28.9. The zero-order valence-electron chi connectivity index (χ0n) is 70.3. The van der Waals surface area contributed by atoms with Crippen molar-refractivity contribution < 1.29 is 22.0 Å². The van der Waals surface area contributed by atoms with Gasteiger partial charge in [0.05, 0.1) is 0 Å². The van der Waals surface area contributed by atoms with E-state index in [4.69, 9.17) is 0 Å². The molecule has 0 aromatic heterocycles. The van der Waals surface area contributed by atoms with Crippen LogP contribution in [0.5, 0.6) is 0 Å². The van der Waals surface area contributed by atoms with E-state index in [1.165, 1.54) is 164 Å². The molecule has 4 aliphatic rings. The van der Waals surface area contributed by atoms with Gasteiger partial charge in [-0.25, -0.2) is 8.78 Å². The van der Waals surface area contributed by atoms with Gasteiger partial charge in [0.1, 0.15) is 11.5 Å². The molecule has 0 nitrogen and oxygen atoms in total. The molecule has 0 spiro atoms. The summed E-state index contributed by atoms with van der Waals surface area (Å²) >= 11 is 0. The first-order valence-electron chi connectivity index (χ1n) is 40.3. The lowest BCUT2D eigenvalue weighted by atomic mass is 9.80. The number of halogens is 5. The molecule has 4 saturated carbocycles. The first-order valence-corrected chi connectivity index (χ1v) is 40.3. The van der Waals surface area contributed by atoms with Crippen molar-refractivity contribution in [3.05, 3.63) is 107 Å². The fourth-order valence-corrected chi connectivity index (χ4v) is 13.4. The largest absolute Gasteiger partial charge is 0.389 e. The van der Waals surface area contributed by atoms with Gasteiger partial charge in [0.25, 0.3) is 0 Å². The number of aryl methyl sites for hydroxylation is 1. The van der Waals surface area contributed by atoms with Gasteiger partial charge in [-0.3, -0.25) is 0 Å². The molecule has 7 rings (SSSR count). The lowest BCUT2D eigenvalue weighted by molar-refractivity contribution is -0.141. The fraction of sp³-hybridized carbons (Fsp3) is 0.804. The maximum atomic E-state index is 12.9. The summed E-state index contributed by atoms with van der Waals surface area (Å²) in [4.78, 5) is 0. The standard InChI is InChI=1S/C11H16.C10H13F.C10H20.C10H14.C9H18.C8H16.C8H18.C7H15F.C7H14.C7H16.C5H9F3/c1-9(2)8-11-6-4-10(3)5-7-11;1-8(2)7-9-5-3-4-6-10(9)11;2*1-9(2)8-10-6-4-3-5-7-10;1-8(2)7-9-5-3-4-6-9;1-7(2)6-8-4-3-5-8;1-7(2)6-8(3,4)5;1-6(2)5-7(3,4)8;1-6(2)5-7-3-4-7;1-6(2)5-7(3)4;1-4(2)3-5(6,7)8/h4-7,9H,8H2,1-3H3;3-6,8H,7H2,1-2H3;9-10H,3-8H2,1-2H3;3-7,9H,8H2,1-2H3;8-9H,3-7H2,1-2H3;7-8H,3-6H2,1-2H3;7H,6H2,1-5H3;6H,5H2,1-4H3;6-7H,3-5H2,1-2H3;6-7H,5H2,1-4H3;4H,3H2,1-2H3. The Morgan fingerprint density at radius 1 is 0.320 bits per heavy atom. The van der Waals surface area contributed by atoms with Gasteiger partial charge in [-0.1, -0.05) is 355 Å². The van der Waals surface area contributed by atoms with Crippen LogP contribution in [-0.2, 0) is 19.3 Å². The van der Waals surface area contributed by atoms with Crippen molar-refractivity contribution in [2.24, 2.45) is 100 Å². The minimum absolute atomic E-state index is 0.0822. The fourth-order valence-electron chi connectivity index (χ4n) is 13.4. The molecule has 0 heterocycles. The Morgan fingerprint density at radius 3 is 0.866 bits per heavy atom. The minimum atomic E-state index is -3.98. The average Bonchev–Trinajstić information content (AvgIpc) is 2.05. The highest BCUT2D eigenvalue weighted by Crippen LogP contribution is 2.35. The Kier molecular flexibility index (Phi) is 61.0. The highest BCUT2D eigenvalue weighted by molar-refractivity contribution is 5.21. The molecule has 0 N–H and O–H groups in total. The Bertz CT molecular complexity index is 2040. The predicted molar refractivity (Wildman–Crippen MR) is 429 cm³/mol. The van der Waals surface area contributed by atoms with E-state index >= 15 is 0 Å². The van der Waals surface area contributed by atoms with Gasteiger partial charge in [-0.05, 0) is 208 Å². The van der Waals surface area contributed by atoms with Crippen LogP contribution < -0.4 is 0 Å². The van der Waals surface area contributed by atoms with Crippen LogP contribution >= 0.6 is 0 Å². The lowest BCUT2D eigenvalue weighted by Gasteiger charge is -2.26. The molecule has 3 aromatic rings. The quantitative estimate of drug-likeness (QED) is 0.0989. The van der Waals surface area contributed by atoms with Crippen molar-refractivity contribution in [1.29, 1.82) is 0 Å². The van der Waals surface area contributed by atoms with Crippen LogP contribution in [0.3, 0.4) is 0 Å². The average molecular weight is 1370 g/mol. The highest BCUT2D eigenvalue weighted by atomic mass is 19.4. The van der Waals surface area contributed by atoms with Gasteiger partial charge in [0.2, 0.25) is 0 Å². The van der Waals surface area contributed by atoms with E-state index in [1.54, 1.807) is 33.8 Å².